The van der Waals surface area contributed by atoms with Crippen LogP contribution in [0.2, 0.25) is 0 Å². The van der Waals surface area contributed by atoms with E-state index in [4.69, 9.17) is 4.74 Å². The molecule has 1 aliphatic carbocycles. The highest BCUT2D eigenvalue weighted by molar-refractivity contribution is 6.09. The summed E-state index contributed by atoms with van der Waals surface area (Å²) in [5.74, 6) is -1.47. The number of anilines is 1. The molecule has 1 atom stereocenters. The average Bonchev–Trinajstić information content (AvgIpc) is 2.97. The average molecular weight is 472 g/mol. The quantitative estimate of drug-likeness (QED) is 0.373. The first-order chi connectivity index (χ1) is 15.8. The molecule has 184 valence electrons. The van der Waals surface area contributed by atoms with Crippen LogP contribution >= 0.6 is 0 Å². The SMILES string of the molecule is CC(=O)c1ccc(NC(=O)C(C)OC(=O)CN2C(=O)NC3(CCC(C(C)(C)C)CC3)C2=O)cc1. The number of nitrogens with one attached hydrogen (secondary N) is 2. The van der Waals surface area contributed by atoms with Gasteiger partial charge in [0.1, 0.15) is 12.1 Å². The number of carbonyl (C=O) groups is 5. The summed E-state index contributed by atoms with van der Waals surface area (Å²) in [5.41, 5.74) is 0.118. The van der Waals surface area contributed by atoms with Crippen molar-refractivity contribution in [3.05, 3.63) is 29.8 Å². The van der Waals surface area contributed by atoms with Gasteiger partial charge in [-0.05, 0) is 75.1 Å². The minimum absolute atomic E-state index is 0.0929. The summed E-state index contributed by atoms with van der Waals surface area (Å²) >= 11 is 0. The molecule has 4 amide bonds. The molecule has 1 saturated carbocycles. The van der Waals surface area contributed by atoms with Crippen LogP contribution in [0.4, 0.5) is 10.5 Å². The maximum Gasteiger partial charge on any atom is 0.327 e. The lowest BCUT2D eigenvalue weighted by molar-refractivity contribution is -0.155. The molecule has 1 aromatic carbocycles. The fraction of sp³-hybridized carbons (Fsp3) is 0.560. The number of imide groups is 1. The molecule has 9 nitrogen and oxygen atoms in total. The van der Waals surface area contributed by atoms with Gasteiger partial charge in [0.25, 0.3) is 11.8 Å². The zero-order valence-electron chi connectivity index (χ0n) is 20.4. The van der Waals surface area contributed by atoms with E-state index in [2.05, 4.69) is 31.4 Å². The van der Waals surface area contributed by atoms with Crippen LogP contribution in [0.15, 0.2) is 24.3 Å². The van der Waals surface area contributed by atoms with Crippen molar-refractivity contribution in [2.45, 2.75) is 71.9 Å². The molecule has 2 aliphatic rings. The zero-order chi connectivity index (χ0) is 25.3. The predicted octanol–water partition coefficient (Wildman–Crippen LogP) is 3.29. The Balaban J connectivity index is 1.54. The fourth-order valence-electron chi connectivity index (χ4n) is 4.58. The molecule has 2 fully saturated rings. The summed E-state index contributed by atoms with van der Waals surface area (Å²) < 4.78 is 5.16. The zero-order valence-corrected chi connectivity index (χ0v) is 20.4. The van der Waals surface area contributed by atoms with Gasteiger partial charge in [-0.25, -0.2) is 4.79 Å². The Labute approximate surface area is 199 Å². The second-order valence-corrected chi connectivity index (χ2v) is 10.3. The molecular weight excluding hydrogens is 438 g/mol. The number of ether oxygens (including phenoxy) is 1. The van der Waals surface area contributed by atoms with Gasteiger partial charge in [0.2, 0.25) is 0 Å². The molecule has 2 N–H and O–H groups in total. The monoisotopic (exact) mass is 471 g/mol. The highest BCUT2D eigenvalue weighted by Crippen LogP contribution is 2.43. The second kappa shape index (κ2) is 9.56. The molecule has 34 heavy (non-hydrogen) atoms. The van der Waals surface area contributed by atoms with Crippen molar-refractivity contribution >= 4 is 35.3 Å². The number of rotatable bonds is 6. The van der Waals surface area contributed by atoms with Gasteiger partial charge >= 0.3 is 12.0 Å². The Hall–Kier alpha value is -3.23. The van der Waals surface area contributed by atoms with E-state index in [0.29, 0.717) is 30.0 Å². The van der Waals surface area contributed by atoms with Gasteiger partial charge < -0.3 is 15.4 Å². The predicted molar refractivity (Wildman–Crippen MR) is 125 cm³/mol. The summed E-state index contributed by atoms with van der Waals surface area (Å²) in [6.45, 7) is 8.81. The van der Waals surface area contributed by atoms with Crippen molar-refractivity contribution in [3.63, 3.8) is 0 Å². The molecule has 0 bridgehead atoms. The number of nitrogens with zero attached hydrogens (tertiary/aromatic N) is 1. The number of carbonyl (C=O) groups excluding carboxylic acids is 5. The Morgan fingerprint density at radius 2 is 1.74 bits per heavy atom. The molecule has 9 heteroatoms. The van der Waals surface area contributed by atoms with Gasteiger partial charge in [0.15, 0.2) is 11.9 Å². The number of benzene rings is 1. The molecule has 1 spiro atoms. The van der Waals surface area contributed by atoms with Crippen LogP contribution in [0.5, 0.6) is 0 Å². The number of amides is 4. The largest absolute Gasteiger partial charge is 0.451 e. The first-order valence-electron chi connectivity index (χ1n) is 11.6. The highest BCUT2D eigenvalue weighted by Gasteiger charge is 2.53. The molecule has 0 radical (unpaired) electrons. The topological polar surface area (TPSA) is 122 Å². The third-order valence-electron chi connectivity index (χ3n) is 6.83. The van der Waals surface area contributed by atoms with Crippen LogP contribution in [0.3, 0.4) is 0 Å². The third-order valence-corrected chi connectivity index (χ3v) is 6.83. The van der Waals surface area contributed by atoms with Crippen molar-refractivity contribution in [2.75, 3.05) is 11.9 Å². The number of esters is 1. The van der Waals surface area contributed by atoms with E-state index in [1.165, 1.54) is 13.8 Å². The summed E-state index contributed by atoms with van der Waals surface area (Å²) in [4.78, 5) is 62.6. The van der Waals surface area contributed by atoms with Gasteiger partial charge in [-0.2, -0.15) is 0 Å². The van der Waals surface area contributed by atoms with E-state index in [-0.39, 0.29) is 11.2 Å². The Bertz CT molecular complexity index is 987. The Kier molecular flexibility index (Phi) is 7.14. The minimum atomic E-state index is -1.14. The van der Waals surface area contributed by atoms with Crippen LogP contribution in [0.25, 0.3) is 0 Å². The maximum absolute atomic E-state index is 13.1. The molecule has 3 rings (SSSR count). The van der Waals surface area contributed by atoms with E-state index in [0.717, 1.165) is 17.7 Å². The molecule has 1 aromatic rings. The first-order valence-corrected chi connectivity index (χ1v) is 11.6. The highest BCUT2D eigenvalue weighted by atomic mass is 16.5. The van der Waals surface area contributed by atoms with Gasteiger partial charge in [0.05, 0.1) is 0 Å². The van der Waals surface area contributed by atoms with Crippen LogP contribution in [-0.4, -0.2) is 52.7 Å². The van der Waals surface area contributed by atoms with E-state index in [1.54, 1.807) is 24.3 Å². The molecule has 1 saturated heterocycles. The first kappa shape index (κ1) is 25.4. The van der Waals surface area contributed by atoms with Crippen LogP contribution < -0.4 is 10.6 Å². The molecule has 0 aromatic heterocycles. The van der Waals surface area contributed by atoms with Crippen LogP contribution in [0.1, 0.15) is 70.7 Å². The van der Waals surface area contributed by atoms with Crippen molar-refractivity contribution in [2.24, 2.45) is 11.3 Å². The molecule has 1 unspecified atom stereocenters. The summed E-state index contributed by atoms with van der Waals surface area (Å²) in [5, 5.41) is 5.39. The lowest BCUT2D eigenvalue weighted by Gasteiger charge is -2.40. The van der Waals surface area contributed by atoms with Gasteiger partial charge in [-0.1, -0.05) is 20.8 Å². The van der Waals surface area contributed by atoms with Gasteiger partial charge in [0, 0.05) is 11.3 Å². The van der Waals surface area contributed by atoms with Crippen molar-refractivity contribution in [3.8, 4) is 0 Å². The Morgan fingerprint density at radius 1 is 1.15 bits per heavy atom. The fourth-order valence-corrected chi connectivity index (χ4v) is 4.58. The number of hydrogen-bond acceptors (Lipinski definition) is 6. The van der Waals surface area contributed by atoms with Crippen molar-refractivity contribution in [1.29, 1.82) is 0 Å². The second-order valence-electron chi connectivity index (χ2n) is 10.3. The number of Topliss-reactive ketones (excluding diaryl/α,β-unsaturated/α-hetero) is 1. The molecule has 1 heterocycles. The van der Waals surface area contributed by atoms with E-state index < -0.39 is 42.0 Å². The summed E-state index contributed by atoms with van der Waals surface area (Å²) in [6.07, 6.45) is 1.56. The van der Waals surface area contributed by atoms with E-state index >= 15 is 0 Å². The van der Waals surface area contributed by atoms with Crippen molar-refractivity contribution < 1.29 is 28.7 Å². The lowest BCUT2D eigenvalue weighted by atomic mass is 9.67. The number of ketones is 1. The molecular formula is C25H33N3O6. The summed E-state index contributed by atoms with van der Waals surface area (Å²) in [7, 11) is 0. The smallest absolute Gasteiger partial charge is 0.327 e. The van der Waals surface area contributed by atoms with E-state index in [1.807, 2.05) is 0 Å². The van der Waals surface area contributed by atoms with E-state index in [9.17, 15) is 24.0 Å². The minimum Gasteiger partial charge on any atom is -0.451 e. The van der Waals surface area contributed by atoms with Gasteiger partial charge in [-0.3, -0.25) is 24.1 Å². The normalized spacial score (nSPS) is 23.4. The Morgan fingerprint density at radius 3 is 2.26 bits per heavy atom. The number of urea groups is 1. The van der Waals surface area contributed by atoms with Gasteiger partial charge in [-0.15, -0.1) is 0 Å². The summed E-state index contributed by atoms with van der Waals surface area (Å²) in [6, 6.07) is 5.70. The maximum atomic E-state index is 13.1. The standard InChI is InChI=1S/C25H33N3O6/c1-15(29)17-6-8-19(9-7-17)26-21(31)16(2)34-20(30)14-28-22(32)25(27-23(28)33)12-10-18(11-13-25)24(3,4)5/h6-9,16,18H,10-14H2,1-5H3,(H,26,31)(H,27,33). The lowest BCUT2D eigenvalue weighted by Crippen LogP contribution is -2.50. The third kappa shape index (κ3) is 5.46. The van der Waals surface area contributed by atoms with Crippen LogP contribution in [-0.2, 0) is 19.1 Å². The molecule has 1 aliphatic heterocycles. The van der Waals surface area contributed by atoms with Crippen LogP contribution in [0, 0.1) is 11.3 Å². The van der Waals surface area contributed by atoms with Crippen molar-refractivity contribution in [1.82, 2.24) is 10.2 Å². The number of hydrogen-bond donors (Lipinski definition) is 2.